The van der Waals surface area contributed by atoms with E-state index < -0.39 is 31.0 Å². The topological polar surface area (TPSA) is 94.6 Å². The van der Waals surface area contributed by atoms with Crippen LogP contribution in [0.15, 0.2) is 24.4 Å². The molecule has 14 heteroatoms. The molecule has 2 aliphatic rings. The van der Waals surface area contributed by atoms with E-state index in [4.69, 9.17) is 9.47 Å². The molecule has 2 fully saturated rings. The molecule has 0 spiro atoms. The summed E-state index contributed by atoms with van der Waals surface area (Å²) in [4.78, 5) is 6.46. The van der Waals surface area contributed by atoms with Crippen molar-refractivity contribution in [2.75, 3.05) is 38.7 Å². The Morgan fingerprint density at radius 2 is 2.11 bits per heavy atom. The van der Waals surface area contributed by atoms with E-state index in [1.165, 1.54) is 23.9 Å². The van der Waals surface area contributed by atoms with Gasteiger partial charge in [-0.05, 0) is 24.1 Å². The minimum Gasteiger partial charge on any atom is -0.479 e. The smallest absolute Gasteiger partial charge is 0.258 e. The third-order valence-electron chi connectivity index (χ3n) is 6.88. The third kappa shape index (κ3) is 4.33. The maximum Gasteiger partial charge on any atom is 0.258 e. The van der Waals surface area contributed by atoms with Gasteiger partial charge in [-0.1, -0.05) is 11.3 Å². The molecule has 1 aromatic carbocycles. The standard InChI is InChI=1S/C23H24F4N8O2/c1-36-22-21-20(12-2-3-17-18(6-12)34(32-30-17)9-19(26)27)15(25)8-35(21)31-23(29-22)28-16-4-5-33(7-14(16)24)13-10-37-11-13/h2-3,6,8,13-14,16,19H,4-5,7,9-11H2,1H3,(H,28,31)/t14-,16+/m0/s1. The molecule has 4 aromatic rings. The van der Waals surface area contributed by atoms with Crippen LogP contribution in [0.2, 0.25) is 0 Å². The van der Waals surface area contributed by atoms with Gasteiger partial charge in [-0.25, -0.2) is 26.8 Å². The maximum atomic E-state index is 15.3. The first-order chi connectivity index (χ1) is 17.9. The van der Waals surface area contributed by atoms with Crippen LogP contribution in [0, 0.1) is 5.82 Å². The molecular formula is C23H24F4N8O2. The van der Waals surface area contributed by atoms with Crippen molar-refractivity contribution < 1.29 is 27.0 Å². The van der Waals surface area contributed by atoms with Crippen LogP contribution < -0.4 is 10.1 Å². The summed E-state index contributed by atoms with van der Waals surface area (Å²) in [5.41, 5.74) is 1.51. The van der Waals surface area contributed by atoms with Crippen LogP contribution >= 0.6 is 0 Å². The molecule has 2 aliphatic heterocycles. The van der Waals surface area contributed by atoms with Gasteiger partial charge in [-0.2, -0.15) is 4.98 Å². The Balaban J connectivity index is 1.32. The zero-order valence-corrected chi connectivity index (χ0v) is 19.8. The minimum atomic E-state index is -2.62. The molecule has 1 N–H and O–H groups in total. The normalized spacial score (nSPS) is 21.1. The van der Waals surface area contributed by atoms with Crippen LogP contribution in [0.5, 0.6) is 5.88 Å². The molecule has 2 atom stereocenters. The van der Waals surface area contributed by atoms with Crippen LogP contribution in [0.1, 0.15) is 6.42 Å². The molecule has 0 aliphatic carbocycles. The number of ether oxygens (including phenoxy) is 2. The van der Waals surface area contributed by atoms with Gasteiger partial charge in [0, 0.05) is 13.1 Å². The molecule has 0 unspecified atom stereocenters. The maximum absolute atomic E-state index is 15.3. The quantitative estimate of drug-likeness (QED) is 0.372. The molecule has 3 aromatic heterocycles. The number of piperidine rings is 1. The number of likely N-dealkylation sites (tertiary alicyclic amines) is 1. The number of aromatic nitrogens is 6. The predicted molar refractivity (Wildman–Crippen MR) is 125 cm³/mol. The zero-order chi connectivity index (χ0) is 25.7. The molecule has 0 radical (unpaired) electrons. The number of fused-ring (bicyclic) bond motifs is 2. The van der Waals surface area contributed by atoms with Crippen molar-refractivity contribution in [2.45, 2.75) is 37.6 Å². The molecule has 37 heavy (non-hydrogen) atoms. The second-order valence-corrected chi connectivity index (χ2v) is 9.20. The van der Waals surface area contributed by atoms with Crippen molar-refractivity contribution in [2.24, 2.45) is 0 Å². The number of hydrogen-bond acceptors (Lipinski definition) is 8. The summed E-state index contributed by atoms with van der Waals surface area (Å²) in [7, 11) is 1.39. The van der Waals surface area contributed by atoms with Gasteiger partial charge < -0.3 is 14.8 Å². The number of halogens is 4. The number of hydrogen-bond donors (Lipinski definition) is 1. The average molecular weight is 520 g/mol. The molecule has 0 saturated carbocycles. The molecule has 5 heterocycles. The van der Waals surface area contributed by atoms with E-state index in [0.717, 1.165) is 4.68 Å². The number of methoxy groups -OCH3 is 1. The molecule has 0 amide bonds. The predicted octanol–water partition coefficient (Wildman–Crippen LogP) is 2.78. The van der Waals surface area contributed by atoms with Gasteiger partial charge >= 0.3 is 0 Å². The van der Waals surface area contributed by atoms with Crippen LogP contribution in [-0.2, 0) is 11.3 Å². The lowest BCUT2D eigenvalue weighted by Crippen LogP contribution is -2.57. The highest BCUT2D eigenvalue weighted by molar-refractivity contribution is 5.89. The van der Waals surface area contributed by atoms with Crippen molar-refractivity contribution in [3.8, 4) is 17.0 Å². The van der Waals surface area contributed by atoms with Gasteiger partial charge in [0.25, 0.3) is 6.43 Å². The summed E-state index contributed by atoms with van der Waals surface area (Å²) < 4.78 is 69.1. The Morgan fingerprint density at radius 1 is 1.27 bits per heavy atom. The lowest BCUT2D eigenvalue weighted by molar-refractivity contribution is -0.0794. The molecular weight excluding hydrogens is 496 g/mol. The summed E-state index contributed by atoms with van der Waals surface area (Å²) in [5, 5.41) is 15.0. The van der Waals surface area contributed by atoms with E-state index in [0.29, 0.717) is 42.8 Å². The lowest BCUT2D eigenvalue weighted by Gasteiger charge is -2.42. The van der Waals surface area contributed by atoms with Gasteiger partial charge in [0.1, 0.15) is 23.7 Å². The van der Waals surface area contributed by atoms with E-state index in [1.54, 1.807) is 12.1 Å². The van der Waals surface area contributed by atoms with Gasteiger partial charge in [0.05, 0.1) is 49.7 Å². The fraction of sp³-hybridized carbons (Fsp3) is 0.478. The van der Waals surface area contributed by atoms with Crippen LogP contribution in [0.4, 0.5) is 23.5 Å². The Morgan fingerprint density at radius 3 is 2.81 bits per heavy atom. The Kier molecular flexibility index (Phi) is 6.07. The number of nitrogens with one attached hydrogen (secondary N) is 1. The van der Waals surface area contributed by atoms with Gasteiger partial charge in [0.2, 0.25) is 11.8 Å². The lowest BCUT2D eigenvalue weighted by atomic mass is 10.0. The fourth-order valence-electron chi connectivity index (χ4n) is 4.91. The first-order valence-electron chi connectivity index (χ1n) is 11.9. The largest absolute Gasteiger partial charge is 0.479 e. The summed E-state index contributed by atoms with van der Waals surface area (Å²) >= 11 is 0. The van der Waals surface area contributed by atoms with Crippen LogP contribution in [0.3, 0.4) is 0 Å². The summed E-state index contributed by atoms with van der Waals surface area (Å²) in [5.74, 6) is -0.430. The summed E-state index contributed by atoms with van der Waals surface area (Å²) in [6.45, 7) is 1.62. The van der Waals surface area contributed by atoms with Crippen molar-refractivity contribution in [3.63, 3.8) is 0 Å². The Hall–Kier alpha value is -3.52. The first kappa shape index (κ1) is 23.9. The van der Waals surface area contributed by atoms with Crippen LogP contribution in [-0.4, -0.2) is 92.6 Å². The first-order valence-corrected chi connectivity index (χ1v) is 11.9. The number of benzene rings is 1. The highest BCUT2D eigenvalue weighted by Crippen LogP contribution is 2.35. The molecule has 196 valence electrons. The third-order valence-corrected chi connectivity index (χ3v) is 6.88. The molecule has 2 saturated heterocycles. The van der Waals surface area contributed by atoms with E-state index in [2.05, 4.69) is 30.6 Å². The second kappa shape index (κ2) is 9.41. The van der Waals surface area contributed by atoms with Gasteiger partial charge in [-0.3, -0.25) is 4.90 Å². The number of alkyl halides is 3. The molecule has 6 rings (SSSR count). The number of nitrogens with zero attached hydrogens (tertiary/aromatic N) is 7. The fourth-order valence-corrected chi connectivity index (χ4v) is 4.91. The SMILES string of the molecule is COc1nc(N[C@@H]2CCN(C3COC3)C[C@@H]2F)nn2cc(F)c(-c3ccc4nnn(CC(F)F)c4c3)c12. The van der Waals surface area contributed by atoms with E-state index in [9.17, 15) is 13.2 Å². The highest BCUT2D eigenvalue weighted by atomic mass is 19.3. The summed E-state index contributed by atoms with van der Waals surface area (Å²) in [6, 6.07) is 4.48. The average Bonchev–Trinajstić information content (AvgIpc) is 3.38. The number of rotatable bonds is 7. The molecule has 10 nitrogen and oxygen atoms in total. The number of anilines is 1. The highest BCUT2D eigenvalue weighted by Gasteiger charge is 2.36. The summed E-state index contributed by atoms with van der Waals surface area (Å²) in [6.07, 6.45) is -2.05. The van der Waals surface area contributed by atoms with E-state index in [1.807, 2.05) is 0 Å². The van der Waals surface area contributed by atoms with Crippen molar-refractivity contribution >= 4 is 22.5 Å². The van der Waals surface area contributed by atoms with Gasteiger partial charge in [0.15, 0.2) is 5.82 Å². The van der Waals surface area contributed by atoms with Crippen molar-refractivity contribution in [1.29, 1.82) is 0 Å². The van der Waals surface area contributed by atoms with E-state index >= 15 is 4.39 Å². The molecule has 0 bridgehead atoms. The Bertz CT molecular complexity index is 1440. The Labute approximate surface area is 208 Å². The van der Waals surface area contributed by atoms with Crippen molar-refractivity contribution in [1.82, 2.24) is 34.5 Å². The zero-order valence-electron chi connectivity index (χ0n) is 19.8. The van der Waals surface area contributed by atoms with Crippen molar-refractivity contribution in [3.05, 3.63) is 30.2 Å². The second-order valence-electron chi connectivity index (χ2n) is 9.20. The minimum absolute atomic E-state index is 0.0789. The monoisotopic (exact) mass is 520 g/mol. The van der Waals surface area contributed by atoms with E-state index in [-0.39, 0.29) is 35.5 Å². The van der Waals surface area contributed by atoms with Crippen LogP contribution in [0.25, 0.3) is 27.7 Å². The van der Waals surface area contributed by atoms with Gasteiger partial charge in [-0.15, -0.1) is 10.2 Å².